The summed E-state index contributed by atoms with van der Waals surface area (Å²) < 4.78 is 0. The molecule has 0 aliphatic heterocycles. The zero-order valence-corrected chi connectivity index (χ0v) is 13.1. The van der Waals surface area contributed by atoms with Gasteiger partial charge in [-0.1, -0.05) is 45.4 Å². The van der Waals surface area contributed by atoms with Gasteiger partial charge in [-0.15, -0.1) is 0 Å². The zero-order chi connectivity index (χ0) is 12.9. The third kappa shape index (κ3) is 11.1. The van der Waals surface area contributed by atoms with Crippen LogP contribution in [0.15, 0.2) is 0 Å². The van der Waals surface area contributed by atoms with Crippen molar-refractivity contribution in [2.45, 2.75) is 77.7 Å². The SMILES string of the molecule is CCCC(C)N(C)CCCCCCCCCS. The van der Waals surface area contributed by atoms with Crippen LogP contribution in [0.2, 0.25) is 0 Å². The molecular weight excluding hydrogens is 226 g/mol. The van der Waals surface area contributed by atoms with Gasteiger partial charge >= 0.3 is 0 Å². The molecule has 0 aromatic heterocycles. The molecule has 104 valence electrons. The Morgan fingerprint density at radius 1 is 0.941 bits per heavy atom. The molecule has 1 unspecified atom stereocenters. The van der Waals surface area contributed by atoms with Gasteiger partial charge < -0.3 is 4.90 Å². The van der Waals surface area contributed by atoms with Gasteiger partial charge in [0.2, 0.25) is 0 Å². The van der Waals surface area contributed by atoms with E-state index in [1.54, 1.807) is 0 Å². The Morgan fingerprint density at radius 3 is 2.00 bits per heavy atom. The molecule has 0 amide bonds. The van der Waals surface area contributed by atoms with Crippen LogP contribution in [0.4, 0.5) is 0 Å². The zero-order valence-electron chi connectivity index (χ0n) is 12.2. The van der Waals surface area contributed by atoms with Crippen molar-refractivity contribution in [2.24, 2.45) is 0 Å². The smallest absolute Gasteiger partial charge is 0.00637 e. The molecular formula is C15H33NS. The summed E-state index contributed by atoms with van der Waals surface area (Å²) in [5.41, 5.74) is 0. The fourth-order valence-electron chi connectivity index (χ4n) is 2.22. The first-order valence-electron chi connectivity index (χ1n) is 7.53. The van der Waals surface area contributed by atoms with Crippen LogP contribution < -0.4 is 0 Å². The van der Waals surface area contributed by atoms with Crippen LogP contribution in [0.5, 0.6) is 0 Å². The average molecular weight is 260 g/mol. The Labute approximate surface area is 115 Å². The van der Waals surface area contributed by atoms with Crippen molar-refractivity contribution >= 4 is 12.6 Å². The first-order valence-corrected chi connectivity index (χ1v) is 8.16. The summed E-state index contributed by atoms with van der Waals surface area (Å²) >= 11 is 4.23. The lowest BCUT2D eigenvalue weighted by atomic mass is 10.1. The highest BCUT2D eigenvalue weighted by molar-refractivity contribution is 7.80. The Kier molecular flexibility index (Phi) is 13.0. The van der Waals surface area contributed by atoms with Crippen molar-refractivity contribution in [1.29, 1.82) is 0 Å². The molecule has 2 heteroatoms. The van der Waals surface area contributed by atoms with E-state index < -0.39 is 0 Å². The van der Waals surface area contributed by atoms with Crippen LogP contribution in [-0.2, 0) is 0 Å². The molecule has 17 heavy (non-hydrogen) atoms. The molecule has 1 atom stereocenters. The first-order chi connectivity index (χ1) is 8.22. The number of nitrogens with zero attached hydrogens (tertiary/aromatic N) is 1. The molecule has 0 rings (SSSR count). The van der Waals surface area contributed by atoms with Gasteiger partial charge in [0, 0.05) is 6.04 Å². The molecule has 0 saturated heterocycles. The van der Waals surface area contributed by atoms with E-state index in [4.69, 9.17) is 0 Å². The molecule has 0 fully saturated rings. The fraction of sp³-hybridized carbons (Fsp3) is 1.00. The van der Waals surface area contributed by atoms with Gasteiger partial charge in [-0.2, -0.15) is 12.6 Å². The van der Waals surface area contributed by atoms with E-state index in [2.05, 4.69) is 38.4 Å². The molecule has 1 nitrogen and oxygen atoms in total. The largest absolute Gasteiger partial charge is 0.304 e. The summed E-state index contributed by atoms with van der Waals surface area (Å²) in [5.74, 6) is 1.06. The van der Waals surface area contributed by atoms with E-state index in [-0.39, 0.29) is 0 Å². The highest BCUT2D eigenvalue weighted by Crippen LogP contribution is 2.10. The van der Waals surface area contributed by atoms with E-state index in [0.717, 1.165) is 11.8 Å². The second-order valence-electron chi connectivity index (χ2n) is 5.32. The number of hydrogen-bond donors (Lipinski definition) is 1. The summed E-state index contributed by atoms with van der Waals surface area (Å²) in [6.07, 6.45) is 12.3. The Balaban J connectivity index is 3.21. The fourth-order valence-corrected chi connectivity index (χ4v) is 2.44. The van der Waals surface area contributed by atoms with Crippen molar-refractivity contribution in [3.05, 3.63) is 0 Å². The second kappa shape index (κ2) is 12.8. The molecule has 0 aromatic carbocycles. The van der Waals surface area contributed by atoms with E-state index in [1.165, 1.54) is 64.3 Å². The standard InChI is InChI=1S/C15H33NS/c1-4-12-15(2)16(3)13-10-8-6-5-7-9-11-14-17/h15,17H,4-14H2,1-3H3. The van der Waals surface area contributed by atoms with Crippen LogP contribution >= 0.6 is 12.6 Å². The third-order valence-corrected chi connectivity index (χ3v) is 3.94. The lowest BCUT2D eigenvalue weighted by Gasteiger charge is -2.24. The van der Waals surface area contributed by atoms with Crippen molar-refractivity contribution in [3.8, 4) is 0 Å². The first kappa shape index (κ1) is 17.3. The lowest BCUT2D eigenvalue weighted by Crippen LogP contribution is -2.29. The van der Waals surface area contributed by atoms with Gasteiger partial charge in [-0.3, -0.25) is 0 Å². The predicted octanol–water partition coefficient (Wildman–Crippen LogP) is 4.77. The Hall–Kier alpha value is 0.310. The van der Waals surface area contributed by atoms with Gasteiger partial charge in [-0.25, -0.2) is 0 Å². The van der Waals surface area contributed by atoms with Crippen LogP contribution in [0.25, 0.3) is 0 Å². The minimum absolute atomic E-state index is 0.760. The maximum absolute atomic E-state index is 4.23. The molecule has 0 heterocycles. The average Bonchev–Trinajstić information content (AvgIpc) is 2.32. The Morgan fingerprint density at radius 2 is 1.47 bits per heavy atom. The maximum atomic E-state index is 4.23. The molecule has 0 aliphatic carbocycles. The van der Waals surface area contributed by atoms with Crippen molar-refractivity contribution in [2.75, 3.05) is 19.3 Å². The van der Waals surface area contributed by atoms with Gasteiger partial charge in [-0.05, 0) is 45.5 Å². The number of rotatable bonds is 12. The van der Waals surface area contributed by atoms with Crippen LogP contribution in [0.1, 0.15) is 71.6 Å². The number of thiol groups is 1. The number of hydrogen-bond acceptors (Lipinski definition) is 2. The van der Waals surface area contributed by atoms with Gasteiger partial charge in [0.15, 0.2) is 0 Å². The van der Waals surface area contributed by atoms with Crippen LogP contribution in [0.3, 0.4) is 0 Å². The summed E-state index contributed by atoms with van der Waals surface area (Å²) in [4.78, 5) is 2.52. The van der Waals surface area contributed by atoms with Crippen LogP contribution in [-0.4, -0.2) is 30.3 Å². The highest BCUT2D eigenvalue weighted by atomic mass is 32.1. The van der Waals surface area contributed by atoms with Gasteiger partial charge in [0.05, 0.1) is 0 Å². The van der Waals surface area contributed by atoms with Gasteiger partial charge in [0.25, 0.3) is 0 Å². The van der Waals surface area contributed by atoms with E-state index >= 15 is 0 Å². The molecule has 0 N–H and O–H groups in total. The van der Waals surface area contributed by atoms with E-state index in [9.17, 15) is 0 Å². The summed E-state index contributed by atoms with van der Waals surface area (Å²) in [6.45, 7) is 5.90. The van der Waals surface area contributed by atoms with Gasteiger partial charge in [0.1, 0.15) is 0 Å². The molecule has 0 radical (unpaired) electrons. The normalized spacial score (nSPS) is 13.2. The minimum Gasteiger partial charge on any atom is -0.304 e. The van der Waals surface area contributed by atoms with Crippen molar-refractivity contribution in [3.63, 3.8) is 0 Å². The minimum atomic E-state index is 0.760. The quantitative estimate of drug-likeness (QED) is 0.390. The van der Waals surface area contributed by atoms with E-state index in [1.807, 2.05) is 0 Å². The highest BCUT2D eigenvalue weighted by Gasteiger charge is 2.06. The summed E-state index contributed by atoms with van der Waals surface area (Å²) in [6, 6.07) is 0.760. The summed E-state index contributed by atoms with van der Waals surface area (Å²) in [7, 11) is 2.27. The van der Waals surface area contributed by atoms with E-state index in [0.29, 0.717) is 0 Å². The number of unbranched alkanes of at least 4 members (excludes halogenated alkanes) is 6. The molecule has 0 aromatic rings. The Bertz CT molecular complexity index is 150. The third-order valence-electron chi connectivity index (χ3n) is 3.63. The monoisotopic (exact) mass is 259 g/mol. The predicted molar refractivity (Wildman–Crippen MR) is 83.2 cm³/mol. The van der Waals surface area contributed by atoms with Crippen molar-refractivity contribution in [1.82, 2.24) is 4.90 Å². The van der Waals surface area contributed by atoms with Crippen molar-refractivity contribution < 1.29 is 0 Å². The summed E-state index contributed by atoms with van der Waals surface area (Å²) in [5, 5.41) is 0. The second-order valence-corrected chi connectivity index (χ2v) is 5.76. The van der Waals surface area contributed by atoms with Crippen LogP contribution in [0, 0.1) is 0 Å². The maximum Gasteiger partial charge on any atom is 0.00637 e. The molecule has 0 aliphatic rings. The lowest BCUT2D eigenvalue weighted by molar-refractivity contribution is 0.239. The topological polar surface area (TPSA) is 3.24 Å². The molecule has 0 spiro atoms. The molecule has 0 bridgehead atoms. The molecule has 0 saturated carbocycles.